The van der Waals surface area contributed by atoms with E-state index >= 15 is 0 Å². The minimum Gasteiger partial charge on any atom is -0.494 e. The summed E-state index contributed by atoms with van der Waals surface area (Å²) >= 11 is 0. The number of ether oxygens (including phenoxy) is 2. The fraction of sp³-hybridized carbons (Fsp3) is 0.312. The van der Waals surface area contributed by atoms with Crippen LogP contribution in [0.25, 0.3) is 17.0 Å². The molecule has 0 radical (unpaired) electrons. The summed E-state index contributed by atoms with van der Waals surface area (Å²) in [5, 5.41) is 0.946. The van der Waals surface area contributed by atoms with E-state index in [-0.39, 0.29) is 5.97 Å². The molecule has 0 N–H and O–H groups in total. The van der Waals surface area contributed by atoms with Crippen LogP contribution >= 0.6 is 0 Å². The molecule has 4 heteroatoms. The maximum Gasteiger partial charge on any atom is 0.330 e. The Bertz CT molecular complexity index is 610. The molecule has 1 aromatic carbocycles. The van der Waals surface area contributed by atoms with E-state index in [0.717, 1.165) is 23.1 Å². The van der Waals surface area contributed by atoms with Gasteiger partial charge in [0, 0.05) is 11.5 Å². The molecule has 0 bridgehead atoms. The Labute approximate surface area is 118 Å². The molecule has 1 heterocycles. The van der Waals surface area contributed by atoms with Crippen LogP contribution < -0.4 is 4.74 Å². The highest BCUT2D eigenvalue weighted by atomic mass is 16.5. The van der Waals surface area contributed by atoms with E-state index in [4.69, 9.17) is 13.9 Å². The van der Waals surface area contributed by atoms with Crippen LogP contribution in [-0.2, 0) is 9.53 Å². The number of furan rings is 1. The van der Waals surface area contributed by atoms with Gasteiger partial charge in [0.15, 0.2) is 0 Å². The molecule has 0 unspecified atom stereocenters. The number of esters is 1. The Balaban J connectivity index is 2.14. The number of hydrogen-bond acceptors (Lipinski definition) is 4. The van der Waals surface area contributed by atoms with Gasteiger partial charge in [0.25, 0.3) is 0 Å². The summed E-state index contributed by atoms with van der Waals surface area (Å²) in [6.45, 7) is 4.89. The lowest BCUT2D eigenvalue weighted by Gasteiger charge is -2.02. The molecule has 0 fully saturated rings. The van der Waals surface area contributed by atoms with Gasteiger partial charge in [0.05, 0.1) is 13.2 Å². The molecule has 1 aromatic heterocycles. The SMILES string of the molecule is CCCOc1ccc2oc(/C=C/C(=O)OCC)cc2c1. The molecule has 0 amide bonds. The van der Waals surface area contributed by atoms with E-state index < -0.39 is 0 Å². The van der Waals surface area contributed by atoms with Gasteiger partial charge in [-0.1, -0.05) is 6.92 Å². The fourth-order valence-corrected chi connectivity index (χ4v) is 1.77. The first kappa shape index (κ1) is 14.2. The van der Waals surface area contributed by atoms with Crippen molar-refractivity contribution in [2.75, 3.05) is 13.2 Å². The first-order chi connectivity index (χ1) is 9.72. The van der Waals surface area contributed by atoms with Crippen molar-refractivity contribution in [1.82, 2.24) is 0 Å². The van der Waals surface area contributed by atoms with E-state index in [1.165, 1.54) is 6.08 Å². The fourth-order valence-electron chi connectivity index (χ4n) is 1.77. The topological polar surface area (TPSA) is 48.7 Å². The third-order valence-electron chi connectivity index (χ3n) is 2.65. The first-order valence-electron chi connectivity index (χ1n) is 6.74. The van der Waals surface area contributed by atoms with Gasteiger partial charge in [0.2, 0.25) is 0 Å². The standard InChI is InChI=1S/C16H18O4/c1-3-9-19-13-5-7-15-12(10-13)11-14(20-15)6-8-16(17)18-4-2/h5-8,10-11H,3-4,9H2,1-2H3/b8-6+. The Kier molecular flexibility index (Phi) is 4.82. The van der Waals surface area contributed by atoms with Gasteiger partial charge in [-0.05, 0) is 43.7 Å². The van der Waals surface area contributed by atoms with Crippen LogP contribution in [0.15, 0.2) is 34.8 Å². The lowest BCUT2D eigenvalue weighted by atomic mass is 10.2. The largest absolute Gasteiger partial charge is 0.494 e. The molecule has 4 nitrogen and oxygen atoms in total. The van der Waals surface area contributed by atoms with Gasteiger partial charge in [-0.15, -0.1) is 0 Å². The van der Waals surface area contributed by atoms with Crippen molar-refractivity contribution < 1.29 is 18.7 Å². The summed E-state index contributed by atoms with van der Waals surface area (Å²) in [6.07, 6.45) is 3.93. The number of carbonyl (C=O) groups is 1. The molecule has 0 saturated heterocycles. The van der Waals surface area contributed by atoms with E-state index in [1.807, 2.05) is 24.3 Å². The number of benzene rings is 1. The summed E-state index contributed by atoms with van der Waals surface area (Å²) < 4.78 is 16.0. The molecule has 2 aromatic rings. The maximum absolute atomic E-state index is 11.2. The molecule has 0 saturated carbocycles. The second-order valence-corrected chi connectivity index (χ2v) is 4.28. The summed E-state index contributed by atoms with van der Waals surface area (Å²) in [7, 11) is 0. The molecule has 0 aliphatic rings. The first-order valence-corrected chi connectivity index (χ1v) is 6.74. The zero-order valence-electron chi connectivity index (χ0n) is 11.7. The van der Waals surface area contributed by atoms with E-state index in [2.05, 4.69) is 6.92 Å². The van der Waals surface area contributed by atoms with Crippen molar-refractivity contribution in [2.45, 2.75) is 20.3 Å². The second kappa shape index (κ2) is 6.80. The molecule has 0 spiro atoms. The predicted molar refractivity (Wildman–Crippen MR) is 77.7 cm³/mol. The molecule has 0 atom stereocenters. The van der Waals surface area contributed by atoms with Crippen molar-refractivity contribution in [3.63, 3.8) is 0 Å². The lowest BCUT2D eigenvalue weighted by Crippen LogP contribution is -1.98. The Morgan fingerprint density at radius 2 is 2.15 bits per heavy atom. The number of rotatable bonds is 6. The molecule has 0 aliphatic carbocycles. The highest BCUT2D eigenvalue weighted by Gasteiger charge is 2.04. The van der Waals surface area contributed by atoms with Crippen LogP contribution in [0.5, 0.6) is 5.75 Å². The number of fused-ring (bicyclic) bond motifs is 1. The van der Waals surface area contributed by atoms with Gasteiger partial charge in [0.1, 0.15) is 17.1 Å². The van der Waals surface area contributed by atoms with Crippen molar-refractivity contribution in [3.05, 3.63) is 36.1 Å². The molecular weight excluding hydrogens is 256 g/mol. The molecule has 20 heavy (non-hydrogen) atoms. The monoisotopic (exact) mass is 274 g/mol. The van der Waals surface area contributed by atoms with Crippen molar-refractivity contribution in [1.29, 1.82) is 0 Å². The molecule has 2 rings (SSSR count). The van der Waals surface area contributed by atoms with Crippen molar-refractivity contribution in [2.24, 2.45) is 0 Å². The predicted octanol–water partition coefficient (Wildman–Crippen LogP) is 3.80. The van der Waals surface area contributed by atoms with E-state index in [1.54, 1.807) is 13.0 Å². The maximum atomic E-state index is 11.2. The Morgan fingerprint density at radius 3 is 2.90 bits per heavy atom. The van der Waals surface area contributed by atoms with Crippen molar-refractivity contribution >= 4 is 23.0 Å². The van der Waals surface area contributed by atoms with Crippen LogP contribution in [0.2, 0.25) is 0 Å². The Morgan fingerprint density at radius 1 is 1.30 bits per heavy atom. The minimum absolute atomic E-state index is 0.363. The summed E-state index contributed by atoms with van der Waals surface area (Å²) in [5.41, 5.74) is 0.761. The highest BCUT2D eigenvalue weighted by Crippen LogP contribution is 2.25. The van der Waals surface area contributed by atoms with Crippen molar-refractivity contribution in [3.8, 4) is 5.75 Å². The van der Waals surface area contributed by atoms with Gasteiger partial charge >= 0.3 is 5.97 Å². The van der Waals surface area contributed by atoms with Gasteiger partial charge in [-0.25, -0.2) is 4.79 Å². The number of hydrogen-bond donors (Lipinski definition) is 0. The molecule has 0 aliphatic heterocycles. The molecule has 106 valence electrons. The molecular formula is C16H18O4. The van der Waals surface area contributed by atoms with Gasteiger partial charge in [-0.2, -0.15) is 0 Å². The van der Waals surface area contributed by atoms with Crippen LogP contribution in [-0.4, -0.2) is 19.2 Å². The van der Waals surface area contributed by atoms with Gasteiger partial charge < -0.3 is 13.9 Å². The highest BCUT2D eigenvalue weighted by molar-refractivity contribution is 5.88. The average molecular weight is 274 g/mol. The quantitative estimate of drug-likeness (QED) is 0.594. The normalized spacial score (nSPS) is 11.1. The summed E-state index contributed by atoms with van der Waals surface area (Å²) in [5.74, 6) is 1.06. The van der Waals surface area contributed by atoms with Crippen LogP contribution in [0.3, 0.4) is 0 Å². The minimum atomic E-state index is -0.375. The third-order valence-corrected chi connectivity index (χ3v) is 2.65. The van der Waals surface area contributed by atoms with E-state index in [0.29, 0.717) is 19.0 Å². The zero-order chi connectivity index (χ0) is 14.4. The lowest BCUT2D eigenvalue weighted by molar-refractivity contribution is -0.137. The van der Waals surface area contributed by atoms with Crippen LogP contribution in [0, 0.1) is 0 Å². The van der Waals surface area contributed by atoms with Gasteiger partial charge in [-0.3, -0.25) is 0 Å². The van der Waals surface area contributed by atoms with Crippen LogP contribution in [0.4, 0.5) is 0 Å². The average Bonchev–Trinajstić information content (AvgIpc) is 2.85. The zero-order valence-corrected chi connectivity index (χ0v) is 11.7. The summed E-state index contributed by atoms with van der Waals surface area (Å²) in [6, 6.07) is 7.53. The Hall–Kier alpha value is -2.23. The smallest absolute Gasteiger partial charge is 0.330 e. The third kappa shape index (κ3) is 3.63. The number of carbonyl (C=O) groups excluding carboxylic acids is 1. The summed E-state index contributed by atoms with van der Waals surface area (Å²) in [4.78, 5) is 11.2. The van der Waals surface area contributed by atoms with Crippen LogP contribution in [0.1, 0.15) is 26.0 Å². The second-order valence-electron chi connectivity index (χ2n) is 4.28. The van der Waals surface area contributed by atoms with E-state index in [9.17, 15) is 4.79 Å².